The minimum Gasteiger partial charge on any atom is -0.289 e. The first-order chi connectivity index (χ1) is 12.6. The topological polar surface area (TPSA) is 17.1 Å². The Morgan fingerprint density at radius 1 is 0.846 bits per heavy atom. The summed E-state index contributed by atoms with van der Waals surface area (Å²) in [5, 5.41) is 2.27. The van der Waals surface area contributed by atoms with Gasteiger partial charge >= 0.3 is 0 Å². The fourth-order valence-corrected chi connectivity index (χ4v) is 3.96. The van der Waals surface area contributed by atoms with Gasteiger partial charge in [0.2, 0.25) is 0 Å². The number of fused-ring (bicyclic) bond motifs is 1. The Kier molecular flexibility index (Phi) is 4.08. The molecule has 0 fully saturated rings. The van der Waals surface area contributed by atoms with Gasteiger partial charge in [0.25, 0.3) is 0 Å². The summed E-state index contributed by atoms with van der Waals surface area (Å²) in [6.45, 7) is 6.54. The molecule has 1 atom stereocenters. The summed E-state index contributed by atoms with van der Waals surface area (Å²) >= 11 is 0. The van der Waals surface area contributed by atoms with Crippen molar-refractivity contribution in [3.63, 3.8) is 0 Å². The van der Waals surface area contributed by atoms with Crippen molar-refractivity contribution >= 4 is 22.1 Å². The van der Waals surface area contributed by atoms with E-state index in [1.165, 1.54) is 22.1 Å². The highest BCUT2D eigenvalue weighted by molar-refractivity contribution is 6.14. The highest BCUT2D eigenvalue weighted by Crippen LogP contribution is 2.41. The average molecular weight is 338 g/mol. The maximum atomic E-state index is 13.3. The highest BCUT2D eigenvalue weighted by Gasteiger charge is 2.25. The van der Waals surface area contributed by atoms with Crippen molar-refractivity contribution in [3.05, 3.63) is 101 Å². The number of carbonyl (C=O) groups excluding carboxylic acids is 1. The molecule has 128 valence electrons. The molecule has 3 aromatic carbocycles. The molecular formula is C25H22O. The van der Waals surface area contributed by atoms with Crippen molar-refractivity contribution in [2.45, 2.75) is 20.8 Å². The fraction of sp³-hybridized carbons (Fsp3) is 0.160. The van der Waals surface area contributed by atoms with E-state index in [9.17, 15) is 4.79 Å². The Balaban J connectivity index is 1.97. The molecule has 0 aliphatic heterocycles. The molecule has 0 saturated heterocycles. The Morgan fingerprint density at radius 2 is 1.46 bits per heavy atom. The molecule has 1 aliphatic rings. The first-order valence-corrected chi connectivity index (χ1v) is 9.08. The predicted octanol–water partition coefficient (Wildman–Crippen LogP) is 6.44. The maximum absolute atomic E-state index is 13.3. The molecule has 0 saturated carbocycles. The molecular weight excluding hydrogens is 316 g/mol. The lowest BCUT2D eigenvalue weighted by Crippen LogP contribution is -2.08. The van der Waals surface area contributed by atoms with Crippen LogP contribution in [0.4, 0.5) is 0 Å². The van der Waals surface area contributed by atoms with Gasteiger partial charge in [-0.15, -0.1) is 0 Å². The number of rotatable bonds is 3. The normalized spacial score (nSPS) is 16.9. The molecule has 1 heteroatoms. The van der Waals surface area contributed by atoms with Gasteiger partial charge in [0, 0.05) is 17.0 Å². The number of hydrogen-bond donors (Lipinski definition) is 0. The highest BCUT2D eigenvalue weighted by atomic mass is 16.1. The van der Waals surface area contributed by atoms with Gasteiger partial charge in [0.15, 0.2) is 5.78 Å². The summed E-state index contributed by atoms with van der Waals surface area (Å²) in [7, 11) is 0. The summed E-state index contributed by atoms with van der Waals surface area (Å²) in [5.74, 6) is 0.418. The van der Waals surface area contributed by atoms with E-state index in [0.29, 0.717) is 5.92 Å². The molecule has 0 radical (unpaired) electrons. The molecule has 0 N–H and O–H groups in total. The third-order valence-electron chi connectivity index (χ3n) is 5.44. The molecule has 1 unspecified atom stereocenters. The molecule has 1 aliphatic carbocycles. The van der Waals surface area contributed by atoms with Crippen LogP contribution in [0.15, 0.2) is 84.0 Å². The fourth-order valence-electron chi connectivity index (χ4n) is 3.96. The van der Waals surface area contributed by atoms with Crippen LogP contribution in [0, 0.1) is 5.92 Å². The zero-order valence-electron chi connectivity index (χ0n) is 15.4. The van der Waals surface area contributed by atoms with E-state index in [0.717, 1.165) is 22.1 Å². The van der Waals surface area contributed by atoms with Gasteiger partial charge in [-0.05, 0) is 53.5 Å². The second-order valence-corrected chi connectivity index (χ2v) is 7.15. The van der Waals surface area contributed by atoms with Crippen LogP contribution in [0.3, 0.4) is 0 Å². The summed E-state index contributed by atoms with van der Waals surface area (Å²) in [6.07, 6.45) is 2.24. The second kappa shape index (κ2) is 6.42. The Hall–Kier alpha value is -2.93. The third kappa shape index (κ3) is 2.70. The van der Waals surface area contributed by atoms with Crippen LogP contribution in [-0.2, 0) is 0 Å². The Labute approximate surface area is 154 Å². The molecule has 1 nitrogen and oxygen atoms in total. The van der Waals surface area contributed by atoms with Crippen LogP contribution < -0.4 is 0 Å². The van der Waals surface area contributed by atoms with E-state index >= 15 is 0 Å². The third-order valence-corrected chi connectivity index (χ3v) is 5.44. The van der Waals surface area contributed by atoms with Crippen molar-refractivity contribution in [3.8, 4) is 0 Å². The first kappa shape index (κ1) is 16.5. The van der Waals surface area contributed by atoms with Crippen molar-refractivity contribution in [2.75, 3.05) is 0 Å². The molecule has 26 heavy (non-hydrogen) atoms. The average Bonchev–Trinajstić information content (AvgIpc) is 2.92. The van der Waals surface area contributed by atoms with Gasteiger partial charge in [0.05, 0.1) is 0 Å². The van der Waals surface area contributed by atoms with Crippen LogP contribution in [-0.4, -0.2) is 5.78 Å². The van der Waals surface area contributed by atoms with E-state index in [1.54, 1.807) is 0 Å². The minimum atomic E-state index is 0.0865. The molecule has 0 spiro atoms. The first-order valence-electron chi connectivity index (χ1n) is 9.08. The quantitative estimate of drug-likeness (QED) is 0.502. The van der Waals surface area contributed by atoms with Crippen LogP contribution in [0.2, 0.25) is 0 Å². The summed E-state index contributed by atoms with van der Waals surface area (Å²) in [6, 6.07) is 22.1. The van der Waals surface area contributed by atoms with Gasteiger partial charge < -0.3 is 0 Å². The second-order valence-electron chi connectivity index (χ2n) is 7.15. The van der Waals surface area contributed by atoms with E-state index in [1.807, 2.05) is 42.5 Å². The molecule has 0 amide bonds. The zero-order chi connectivity index (χ0) is 18.3. The SMILES string of the molecule is CC1=CC(C)=C(c2cc3ccccc3cc2C(=O)c2ccccc2)C1C. The van der Waals surface area contributed by atoms with Crippen molar-refractivity contribution in [1.82, 2.24) is 0 Å². The van der Waals surface area contributed by atoms with E-state index < -0.39 is 0 Å². The van der Waals surface area contributed by atoms with Crippen LogP contribution in [0.1, 0.15) is 42.3 Å². The Morgan fingerprint density at radius 3 is 2.08 bits per heavy atom. The van der Waals surface area contributed by atoms with E-state index in [-0.39, 0.29) is 5.78 Å². The summed E-state index contributed by atoms with van der Waals surface area (Å²) < 4.78 is 0. The molecule has 0 aromatic heterocycles. The number of allylic oxidation sites excluding steroid dienone is 4. The minimum absolute atomic E-state index is 0.0865. The lowest BCUT2D eigenvalue weighted by Gasteiger charge is -2.18. The molecule has 0 bridgehead atoms. The lowest BCUT2D eigenvalue weighted by molar-refractivity contribution is 0.103. The Bertz CT molecular complexity index is 1070. The summed E-state index contributed by atoms with van der Waals surface area (Å²) in [5.41, 5.74) is 6.47. The van der Waals surface area contributed by atoms with Gasteiger partial charge in [0.1, 0.15) is 0 Å². The van der Waals surface area contributed by atoms with E-state index in [4.69, 9.17) is 0 Å². The van der Waals surface area contributed by atoms with Gasteiger partial charge in [-0.3, -0.25) is 4.79 Å². The predicted molar refractivity (Wildman–Crippen MR) is 109 cm³/mol. The van der Waals surface area contributed by atoms with Crippen LogP contribution >= 0.6 is 0 Å². The van der Waals surface area contributed by atoms with Gasteiger partial charge in [-0.2, -0.15) is 0 Å². The van der Waals surface area contributed by atoms with Crippen molar-refractivity contribution in [1.29, 1.82) is 0 Å². The van der Waals surface area contributed by atoms with Crippen molar-refractivity contribution < 1.29 is 4.79 Å². The number of benzene rings is 3. The number of hydrogen-bond acceptors (Lipinski definition) is 1. The number of carbonyl (C=O) groups is 1. The molecule has 0 heterocycles. The van der Waals surface area contributed by atoms with Crippen LogP contribution in [0.25, 0.3) is 16.3 Å². The van der Waals surface area contributed by atoms with Crippen LogP contribution in [0.5, 0.6) is 0 Å². The largest absolute Gasteiger partial charge is 0.289 e. The van der Waals surface area contributed by atoms with Crippen molar-refractivity contribution in [2.24, 2.45) is 5.92 Å². The standard InChI is InChI=1S/C25H22O/c1-16-13-17(2)24(18(16)3)22-14-20-11-7-8-12-21(20)15-23(22)25(26)19-9-5-4-6-10-19/h4-15,18H,1-3H3. The maximum Gasteiger partial charge on any atom is 0.193 e. The summed E-state index contributed by atoms with van der Waals surface area (Å²) in [4.78, 5) is 13.3. The monoisotopic (exact) mass is 338 g/mol. The lowest BCUT2D eigenvalue weighted by atomic mass is 9.85. The van der Waals surface area contributed by atoms with Gasteiger partial charge in [-0.1, -0.05) is 73.2 Å². The van der Waals surface area contributed by atoms with Gasteiger partial charge in [-0.25, -0.2) is 0 Å². The molecule has 4 rings (SSSR count). The zero-order valence-corrected chi connectivity index (χ0v) is 15.4. The smallest absolute Gasteiger partial charge is 0.193 e. The number of ketones is 1. The van der Waals surface area contributed by atoms with E-state index in [2.05, 4.69) is 51.1 Å². The molecule has 3 aromatic rings.